The maximum atomic E-state index is 14.0. The second kappa shape index (κ2) is 34.7. The van der Waals surface area contributed by atoms with Gasteiger partial charge in [0.25, 0.3) is 0 Å². The standard InChI is InChI=1S/C66H92N2O8/c1-5-9-13-17-19-25-37-53(35-23-15-11-7-3)49-75-61(71)47-67(45-51-31-27-21-28-32-51)55-39-41-57(59(69)43-55)63-65(73)64(66(63)74)58-42-40-56(44-60(58)70)68(46-52-33-29-22-30-34-52)48-62(72)76-50-54(36-24-16-12-8-4)38-26-20-18-14-10-6-2/h21-22,27-34,39-44,53-54H,5-20,23-26,35-38,45-50H2,1-4H3,(H2,69,70,73,74)/p+1. The average molecular weight is 1040 g/mol. The zero-order chi connectivity index (χ0) is 54.3. The van der Waals surface area contributed by atoms with Crippen molar-refractivity contribution in [1.82, 2.24) is 0 Å². The Labute approximate surface area is 456 Å². The molecule has 2 aliphatic rings. The lowest BCUT2D eigenvalue weighted by Crippen LogP contribution is -2.31. The van der Waals surface area contributed by atoms with E-state index in [-0.39, 0.29) is 64.6 Å². The quantitative estimate of drug-likeness (QED) is 0.0222. The number of aliphatic hydroxyl groups is 2. The molecule has 2 atom stereocenters. The van der Waals surface area contributed by atoms with E-state index in [1.807, 2.05) is 70.1 Å². The number of nitrogens with zero attached hydrogens (tertiary/aromatic N) is 2. The first-order chi connectivity index (χ1) is 37.1. The SMILES string of the molecule is CCCCCCCCC(CCCCCC)COC(=O)CN(Cc1ccccc1)c1ccc(C2=C(O)C(=C3C=CC(=[N+](CC(=O)OCC(CCCCCC)CCCCCCCC)Cc4ccccc4)C=C3O)C2=O)c(O)c1. The Morgan fingerprint density at radius 3 is 1.55 bits per heavy atom. The van der Waals surface area contributed by atoms with Crippen molar-refractivity contribution in [2.75, 3.05) is 31.2 Å². The van der Waals surface area contributed by atoms with Gasteiger partial charge in [-0.1, -0.05) is 217 Å². The van der Waals surface area contributed by atoms with Gasteiger partial charge in [0.05, 0.1) is 30.4 Å². The van der Waals surface area contributed by atoms with E-state index in [9.17, 15) is 29.7 Å². The minimum Gasteiger partial charge on any atom is -0.507 e. The third-order valence-corrected chi connectivity index (χ3v) is 15.1. The van der Waals surface area contributed by atoms with Crippen LogP contribution >= 0.6 is 0 Å². The van der Waals surface area contributed by atoms with Gasteiger partial charge >= 0.3 is 11.9 Å². The summed E-state index contributed by atoms with van der Waals surface area (Å²) in [6, 6.07) is 24.4. The minimum atomic E-state index is -0.534. The van der Waals surface area contributed by atoms with E-state index >= 15 is 0 Å². The van der Waals surface area contributed by atoms with Crippen LogP contribution in [-0.2, 0) is 36.9 Å². The fourth-order valence-electron chi connectivity index (χ4n) is 10.4. The van der Waals surface area contributed by atoms with E-state index in [4.69, 9.17) is 9.47 Å². The van der Waals surface area contributed by atoms with Crippen LogP contribution in [0.2, 0.25) is 0 Å². The molecular weight excluding hydrogens is 949 g/mol. The van der Waals surface area contributed by atoms with Crippen LogP contribution in [0.1, 0.15) is 198 Å². The summed E-state index contributed by atoms with van der Waals surface area (Å²) in [6.45, 7) is 10.3. The highest BCUT2D eigenvalue weighted by Crippen LogP contribution is 2.43. The Morgan fingerprint density at radius 2 is 1.05 bits per heavy atom. The summed E-state index contributed by atoms with van der Waals surface area (Å²) in [5.41, 5.74) is 3.17. The van der Waals surface area contributed by atoms with Crippen LogP contribution in [0.4, 0.5) is 5.69 Å². The highest BCUT2D eigenvalue weighted by molar-refractivity contribution is 6.40. The number of aliphatic hydroxyl groups excluding tert-OH is 2. The van der Waals surface area contributed by atoms with Gasteiger partial charge in [-0.05, 0) is 61.3 Å². The van der Waals surface area contributed by atoms with E-state index in [0.29, 0.717) is 49.5 Å². The molecule has 0 aromatic heterocycles. The molecule has 3 N–H and O–H groups in total. The summed E-state index contributed by atoms with van der Waals surface area (Å²) >= 11 is 0. The van der Waals surface area contributed by atoms with E-state index in [0.717, 1.165) is 62.5 Å². The fraction of sp³-hybridized carbons (Fsp3) is 0.545. The number of hydrogen-bond donors (Lipinski definition) is 3. The first-order valence-corrected chi connectivity index (χ1v) is 29.5. The topological polar surface area (TPSA) is 137 Å². The molecule has 3 aromatic carbocycles. The number of carbonyl (C=O) groups excluding carboxylic acids is 3. The smallest absolute Gasteiger partial charge is 0.372 e. The van der Waals surface area contributed by atoms with Gasteiger partial charge in [0.15, 0.2) is 6.54 Å². The van der Waals surface area contributed by atoms with Gasteiger partial charge in [-0.15, -0.1) is 0 Å². The van der Waals surface area contributed by atoms with Crippen LogP contribution in [0, 0.1) is 11.8 Å². The van der Waals surface area contributed by atoms with Crippen LogP contribution in [-0.4, -0.2) is 69.6 Å². The lowest BCUT2D eigenvalue weighted by molar-refractivity contribution is -0.533. The van der Waals surface area contributed by atoms with Crippen LogP contribution in [0.5, 0.6) is 5.75 Å². The molecule has 3 aromatic rings. The largest absolute Gasteiger partial charge is 0.507 e. The van der Waals surface area contributed by atoms with Gasteiger partial charge in [-0.2, -0.15) is 0 Å². The molecule has 10 nitrogen and oxygen atoms in total. The van der Waals surface area contributed by atoms with Crippen molar-refractivity contribution in [2.24, 2.45) is 11.8 Å². The Morgan fingerprint density at radius 1 is 0.566 bits per heavy atom. The summed E-state index contributed by atoms with van der Waals surface area (Å²) in [7, 11) is 0. The van der Waals surface area contributed by atoms with Crippen molar-refractivity contribution < 1.29 is 43.8 Å². The molecule has 414 valence electrons. The van der Waals surface area contributed by atoms with Crippen molar-refractivity contribution in [1.29, 1.82) is 0 Å². The summed E-state index contributed by atoms with van der Waals surface area (Å²) in [4.78, 5) is 43.1. The third kappa shape index (κ3) is 20.6. The molecule has 0 heterocycles. The number of esters is 2. The third-order valence-electron chi connectivity index (χ3n) is 15.1. The molecule has 2 unspecified atom stereocenters. The van der Waals surface area contributed by atoms with E-state index in [1.165, 1.54) is 115 Å². The molecule has 0 fully saturated rings. The second-order valence-electron chi connectivity index (χ2n) is 21.4. The van der Waals surface area contributed by atoms with Crippen molar-refractivity contribution in [3.05, 3.63) is 136 Å². The van der Waals surface area contributed by atoms with E-state index < -0.39 is 5.78 Å². The number of unbranched alkanes of at least 4 members (excludes halogenated alkanes) is 16. The zero-order valence-electron chi connectivity index (χ0n) is 46.9. The van der Waals surface area contributed by atoms with E-state index in [1.54, 1.807) is 24.3 Å². The molecule has 2 aliphatic carbocycles. The Kier molecular flexibility index (Phi) is 27.8. The predicted molar refractivity (Wildman–Crippen MR) is 310 cm³/mol. The first-order valence-electron chi connectivity index (χ1n) is 29.5. The van der Waals surface area contributed by atoms with E-state index in [2.05, 4.69) is 27.7 Å². The lowest BCUT2D eigenvalue weighted by atomic mass is 9.79. The molecule has 0 saturated heterocycles. The molecule has 10 heteroatoms. The van der Waals surface area contributed by atoms with Crippen LogP contribution in [0.25, 0.3) is 5.57 Å². The number of ketones is 1. The van der Waals surface area contributed by atoms with Crippen molar-refractivity contribution in [3.8, 4) is 5.75 Å². The number of benzene rings is 3. The summed E-state index contributed by atoms with van der Waals surface area (Å²) < 4.78 is 13.9. The van der Waals surface area contributed by atoms with Crippen molar-refractivity contribution in [2.45, 2.75) is 195 Å². The van der Waals surface area contributed by atoms with Gasteiger partial charge in [0, 0.05) is 41.1 Å². The number of Topliss-reactive ketones (excluding diaryl/α,β-unsaturated/α-hetero) is 1. The Balaban J connectivity index is 1.30. The van der Waals surface area contributed by atoms with Crippen LogP contribution in [0.3, 0.4) is 0 Å². The van der Waals surface area contributed by atoms with Gasteiger partial charge < -0.3 is 29.7 Å². The van der Waals surface area contributed by atoms with Crippen molar-refractivity contribution >= 4 is 34.7 Å². The second-order valence-corrected chi connectivity index (χ2v) is 21.4. The molecule has 0 spiro atoms. The molecule has 5 rings (SSSR count). The average Bonchev–Trinajstić information content (AvgIpc) is 3.43. The number of ether oxygens (including phenoxy) is 2. The highest BCUT2D eigenvalue weighted by Gasteiger charge is 2.40. The maximum Gasteiger partial charge on any atom is 0.372 e. The number of anilines is 1. The maximum absolute atomic E-state index is 14.0. The van der Waals surface area contributed by atoms with Gasteiger partial charge in [0.1, 0.15) is 23.8 Å². The number of carbonyl (C=O) groups is 3. The number of allylic oxidation sites excluding steroid dienone is 5. The van der Waals surface area contributed by atoms with Gasteiger partial charge in [-0.3, -0.25) is 9.59 Å². The zero-order valence-corrected chi connectivity index (χ0v) is 46.9. The predicted octanol–water partition coefficient (Wildman–Crippen LogP) is 16.0. The first kappa shape index (κ1) is 61.0. The summed E-state index contributed by atoms with van der Waals surface area (Å²) in [5, 5.41) is 34.5. The summed E-state index contributed by atoms with van der Waals surface area (Å²) in [5.74, 6) is -1.42. The number of phenols is 1. The highest BCUT2D eigenvalue weighted by atomic mass is 16.5. The Hall–Kier alpha value is -5.90. The number of hydrogen-bond acceptors (Lipinski definition) is 9. The molecule has 0 aliphatic heterocycles. The number of phenolic OH excluding ortho intramolecular Hbond substituents is 1. The fourth-order valence-corrected chi connectivity index (χ4v) is 10.4. The van der Waals surface area contributed by atoms with Gasteiger partial charge in [0.2, 0.25) is 18.0 Å². The van der Waals surface area contributed by atoms with Crippen molar-refractivity contribution in [3.63, 3.8) is 0 Å². The van der Waals surface area contributed by atoms with Crippen LogP contribution in [0.15, 0.2) is 120 Å². The monoisotopic (exact) mass is 1040 g/mol. The normalized spacial score (nSPS) is 15.8. The summed E-state index contributed by atoms with van der Waals surface area (Å²) in [6.07, 6.45) is 33.1. The van der Waals surface area contributed by atoms with Gasteiger partial charge in [-0.25, -0.2) is 9.37 Å². The lowest BCUT2D eigenvalue weighted by Gasteiger charge is -2.27. The molecule has 0 radical (unpaired) electrons. The molecule has 76 heavy (non-hydrogen) atoms. The Bertz CT molecular complexity index is 2400. The molecule has 0 amide bonds. The van der Waals surface area contributed by atoms with Crippen LogP contribution < -0.4 is 4.90 Å². The molecule has 0 bridgehead atoms. The number of aromatic hydroxyl groups is 1. The minimum absolute atomic E-state index is 0.0454. The molecule has 0 saturated carbocycles. The molecular formula is C66H93N2O8+. The number of rotatable bonds is 38.